The van der Waals surface area contributed by atoms with Gasteiger partial charge >= 0.3 is 0 Å². The van der Waals surface area contributed by atoms with Crippen molar-refractivity contribution in [1.29, 1.82) is 0 Å². The molecule has 0 aliphatic carbocycles. The van der Waals surface area contributed by atoms with Gasteiger partial charge in [0.1, 0.15) is 5.01 Å². The minimum Gasteiger partial charge on any atom is -0.310 e. The average molecular weight is 233 g/mol. The highest BCUT2D eigenvalue weighted by atomic mass is 32.1. The summed E-state index contributed by atoms with van der Waals surface area (Å²) in [6.07, 6.45) is 3.62. The maximum Gasteiger partial charge on any atom is 0.125 e. The van der Waals surface area contributed by atoms with Crippen molar-refractivity contribution in [3.05, 3.63) is 35.6 Å². The maximum absolute atomic E-state index is 4.64. The molecule has 0 amide bonds. The van der Waals surface area contributed by atoms with E-state index in [1.807, 2.05) is 25.4 Å². The molecule has 2 heterocycles. The van der Waals surface area contributed by atoms with Crippen LogP contribution >= 0.6 is 11.3 Å². The van der Waals surface area contributed by atoms with Gasteiger partial charge in [-0.25, -0.2) is 4.98 Å². The molecule has 2 aromatic rings. The quantitative estimate of drug-likeness (QED) is 0.885. The Morgan fingerprint density at radius 2 is 2.19 bits per heavy atom. The molecule has 84 valence electrons. The van der Waals surface area contributed by atoms with E-state index < -0.39 is 0 Å². The molecule has 0 radical (unpaired) electrons. The minimum absolute atomic E-state index is 0.0864. The van der Waals surface area contributed by atoms with Crippen LogP contribution in [0, 0.1) is 0 Å². The van der Waals surface area contributed by atoms with Crippen LogP contribution in [-0.2, 0) is 5.54 Å². The Morgan fingerprint density at radius 1 is 1.38 bits per heavy atom. The number of hydrogen-bond donors (Lipinski definition) is 1. The lowest BCUT2D eigenvalue weighted by molar-refractivity contribution is 0.434. The summed E-state index contributed by atoms with van der Waals surface area (Å²) in [4.78, 5) is 8.74. The van der Waals surface area contributed by atoms with E-state index in [4.69, 9.17) is 0 Å². The first-order valence-corrected chi connectivity index (χ1v) is 6.07. The van der Waals surface area contributed by atoms with Crippen LogP contribution in [0.25, 0.3) is 10.6 Å². The zero-order valence-corrected chi connectivity index (χ0v) is 10.5. The number of pyridine rings is 1. The van der Waals surface area contributed by atoms with E-state index in [0.717, 1.165) is 16.3 Å². The second-order valence-corrected chi connectivity index (χ2v) is 5.01. The van der Waals surface area contributed by atoms with Gasteiger partial charge in [0.15, 0.2) is 0 Å². The topological polar surface area (TPSA) is 37.8 Å². The predicted octanol–water partition coefficient (Wildman–Crippen LogP) is 2.66. The molecule has 0 unspecified atom stereocenters. The normalized spacial score (nSPS) is 11.7. The molecule has 2 aromatic heterocycles. The Hall–Kier alpha value is -1.26. The lowest BCUT2D eigenvalue weighted by Crippen LogP contribution is -2.33. The van der Waals surface area contributed by atoms with Crippen LogP contribution in [-0.4, -0.2) is 17.0 Å². The van der Waals surface area contributed by atoms with Crippen LogP contribution in [0.15, 0.2) is 29.9 Å². The third kappa shape index (κ3) is 2.13. The average Bonchev–Trinajstić information content (AvgIpc) is 2.80. The highest BCUT2D eigenvalue weighted by molar-refractivity contribution is 7.13. The minimum atomic E-state index is -0.0864. The summed E-state index contributed by atoms with van der Waals surface area (Å²) in [7, 11) is 1.95. The molecule has 16 heavy (non-hydrogen) atoms. The van der Waals surface area contributed by atoms with Gasteiger partial charge in [0.2, 0.25) is 0 Å². The van der Waals surface area contributed by atoms with Crippen molar-refractivity contribution < 1.29 is 0 Å². The van der Waals surface area contributed by atoms with E-state index in [0.29, 0.717) is 0 Å². The smallest absolute Gasteiger partial charge is 0.125 e. The van der Waals surface area contributed by atoms with Gasteiger partial charge in [0.05, 0.1) is 11.2 Å². The van der Waals surface area contributed by atoms with Gasteiger partial charge in [0.25, 0.3) is 0 Å². The van der Waals surface area contributed by atoms with Gasteiger partial charge < -0.3 is 5.32 Å². The number of aromatic nitrogens is 2. The molecular formula is C12H15N3S. The van der Waals surface area contributed by atoms with Gasteiger partial charge in [-0.3, -0.25) is 4.98 Å². The van der Waals surface area contributed by atoms with E-state index in [9.17, 15) is 0 Å². The molecule has 0 aliphatic heterocycles. The summed E-state index contributed by atoms with van der Waals surface area (Å²) >= 11 is 1.65. The highest BCUT2D eigenvalue weighted by Crippen LogP contribution is 2.27. The third-order valence-corrected chi connectivity index (χ3v) is 3.57. The van der Waals surface area contributed by atoms with Gasteiger partial charge in [0, 0.05) is 23.3 Å². The van der Waals surface area contributed by atoms with Crippen molar-refractivity contribution in [2.45, 2.75) is 19.4 Å². The van der Waals surface area contributed by atoms with E-state index in [1.165, 1.54) is 0 Å². The first kappa shape index (κ1) is 11.2. The fraction of sp³-hybridized carbons (Fsp3) is 0.333. The zero-order chi connectivity index (χ0) is 11.6. The van der Waals surface area contributed by atoms with E-state index in [2.05, 4.69) is 34.5 Å². The number of nitrogens with one attached hydrogen (secondary N) is 1. The first-order chi connectivity index (χ1) is 7.63. The standard InChI is InChI=1S/C12H15N3S/c1-12(2,13-3)10-8-16-11(15-10)9-5-4-6-14-7-9/h4-8,13H,1-3H3. The molecule has 0 saturated heterocycles. The molecule has 0 aliphatic rings. The SMILES string of the molecule is CNC(C)(C)c1csc(-c2cccnc2)n1. The van der Waals surface area contributed by atoms with Gasteiger partial charge in [-0.2, -0.15) is 0 Å². The van der Waals surface area contributed by atoms with Gasteiger partial charge in [-0.1, -0.05) is 0 Å². The number of hydrogen-bond acceptors (Lipinski definition) is 4. The molecular weight excluding hydrogens is 218 g/mol. The van der Waals surface area contributed by atoms with Crippen LogP contribution < -0.4 is 5.32 Å². The third-order valence-electron chi connectivity index (χ3n) is 2.68. The van der Waals surface area contributed by atoms with Crippen molar-refractivity contribution in [1.82, 2.24) is 15.3 Å². The van der Waals surface area contributed by atoms with Crippen LogP contribution in [0.1, 0.15) is 19.5 Å². The second-order valence-electron chi connectivity index (χ2n) is 4.15. The molecule has 0 atom stereocenters. The summed E-state index contributed by atoms with van der Waals surface area (Å²) in [5.41, 5.74) is 2.06. The lowest BCUT2D eigenvalue weighted by atomic mass is 10.0. The van der Waals surface area contributed by atoms with Crippen molar-refractivity contribution in [2.75, 3.05) is 7.05 Å². The zero-order valence-electron chi connectivity index (χ0n) is 9.69. The molecule has 0 bridgehead atoms. The van der Waals surface area contributed by atoms with Crippen LogP contribution in [0.5, 0.6) is 0 Å². The molecule has 0 spiro atoms. The van der Waals surface area contributed by atoms with Crippen molar-refractivity contribution >= 4 is 11.3 Å². The Balaban J connectivity index is 2.34. The lowest BCUT2D eigenvalue weighted by Gasteiger charge is -2.21. The molecule has 1 N–H and O–H groups in total. The van der Waals surface area contributed by atoms with Crippen LogP contribution in [0.3, 0.4) is 0 Å². The summed E-state index contributed by atoms with van der Waals surface area (Å²) < 4.78 is 0. The highest BCUT2D eigenvalue weighted by Gasteiger charge is 2.21. The van der Waals surface area contributed by atoms with Gasteiger partial charge in [-0.05, 0) is 33.0 Å². The molecule has 2 rings (SSSR count). The Bertz CT molecular complexity index is 462. The van der Waals surface area contributed by atoms with E-state index in [1.54, 1.807) is 17.5 Å². The summed E-state index contributed by atoms with van der Waals surface area (Å²) in [6.45, 7) is 4.24. The molecule has 0 aromatic carbocycles. The number of nitrogens with zero attached hydrogens (tertiary/aromatic N) is 2. The van der Waals surface area contributed by atoms with Crippen LogP contribution in [0.4, 0.5) is 0 Å². The monoisotopic (exact) mass is 233 g/mol. The number of rotatable bonds is 3. The Kier molecular flexibility index (Phi) is 3.03. The fourth-order valence-corrected chi connectivity index (χ4v) is 2.29. The molecule has 4 heteroatoms. The second kappa shape index (κ2) is 4.31. The largest absolute Gasteiger partial charge is 0.310 e. The summed E-state index contributed by atoms with van der Waals surface area (Å²) in [5, 5.41) is 6.37. The first-order valence-electron chi connectivity index (χ1n) is 5.19. The Morgan fingerprint density at radius 3 is 2.81 bits per heavy atom. The molecule has 0 fully saturated rings. The fourth-order valence-electron chi connectivity index (χ4n) is 1.31. The molecule has 0 saturated carbocycles. The van der Waals surface area contributed by atoms with E-state index >= 15 is 0 Å². The maximum atomic E-state index is 4.64. The Labute approximate surface area is 99.6 Å². The predicted molar refractivity (Wildman–Crippen MR) is 67.4 cm³/mol. The van der Waals surface area contributed by atoms with Crippen molar-refractivity contribution in [3.8, 4) is 10.6 Å². The van der Waals surface area contributed by atoms with Gasteiger partial charge in [-0.15, -0.1) is 11.3 Å². The van der Waals surface area contributed by atoms with Crippen LogP contribution in [0.2, 0.25) is 0 Å². The van der Waals surface area contributed by atoms with Crippen molar-refractivity contribution in [3.63, 3.8) is 0 Å². The van der Waals surface area contributed by atoms with Crippen molar-refractivity contribution in [2.24, 2.45) is 0 Å². The summed E-state index contributed by atoms with van der Waals surface area (Å²) in [5.74, 6) is 0. The summed E-state index contributed by atoms with van der Waals surface area (Å²) in [6, 6.07) is 3.96. The van der Waals surface area contributed by atoms with E-state index in [-0.39, 0.29) is 5.54 Å². The molecule has 3 nitrogen and oxygen atoms in total. The number of thiazole rings is 1.